The normalized spacial score (nSPS) is 17.7. The number of carboxylic acid groups (broad SMARTS) is 1. The van der Waals surface area contributed by atoms with E-state index in [9.17, 15) is 9.59 Å². The molecule has 0 saturated carbocycles. The van der Waals surface area contributed by atoms with Crippen molar-refractivity contribution in [3.63, 3.8) is 0 Å². The molecule has 1 aliphatic heterocycles. The van der Waals surface area contributed by atoms with E-state index < -0.39 is 5.97 Å². The summed E-state index contributed by atoms with van der Waals surface area (Å²) in [6.45, 7) is 5.48. The zero-order chi connectivity index (χ0) is 18.4. The molecular weight excluding hydrogens is 363 g/mol. The van der Waals surface area contributed by atoms with Crippen molar-refractivity contribution < 1.29 is 14.7 Å². The number of hydrogen-bond acceptors (Lipinski definition) is 2. The Bertz CT molecular complexity index is 651. The molecule has 1 fully saturated rings. The van der Waals surface area contributed by atoms with E-state index in [0.29, 0.717) is 36.2 Å². The molecule has 1 atom stereocenters. The summed E-state index contributed by atoms with van der Waals surface area (Å²) in [4.78, 5) is 27.2. The van der Waals surface area contributed by atoms with E-state index in [1.165, 1.54) is 0 Å². The van der Waals surface area contributed by atoms with Gasteiger partial charge in [0.25, 0.3) is 0 Å². The van der Waals surface area contributed by atoms with Crippen molar-refractivity contribution in [1.29, 1.82) is 0 Å². The highest BCUT2D eigenvalue weighted by atomic mass is 35.5. The smallest absolute Gasteiger partial charge is 0.320 e. The molecule has 1 aliphatic rings. The first-order valence-corrected chi connectivity index (χ1v) is 8.96. The average molecular weight is 385 g/mol. The van der Waals surface area contributed by atoms with Gasteiger partial charge >= 0.3 is 12.0 Å². The van der Waals surface area contributed by atoms with E-state index in [4.69, 9.17) is 28.3 Å². The van der Waals surface area contributed by atoms with Crippen molar-refractivity contribution >= 4 is 35.2 Å². The Morgan fingerprint density at radius 1 is 1.32 bits per heavy atom. The highest BCUT2D eigenvalue weighted by molar-refractivity contribution is 6.35. The molecule has 1 heterocycles. The van der Waals surface area contributed by atoms with E-state index >= 15 is 0 Å². The second kappa shape index (κ2) is 9.11. The monoisotopic (exact) mass is 384 g/mol. The Morgan fingerprint density at radius 2 is 2.04 bits per heavy atom. The van der Waals surface area contributed by atoms with Gasteiger partial charge in [-0.25, -0.2) is 4.79 Å². The fraction of sp³-hybridized carbons (Fsp3) is 0.444. The Kier molecular flexibility index (Phi) is 7.14. The van der Waals surface area contributed by atoms with Gasteiger partial charge in [-0.3, -0.25) is 4.79 Å². The van der Waals surface area contributed by atoms with E-state index in [1.54, 1.807) is 28.0 Å². The van der Waals surface area contributed by atoms with Crippen LogP contribution in [0.2, 0.25) is 10.0 Å². The minimum Gasteiger partial charge on any atom is -0.481 e. The summed E-state index contributed by atoms with van der Waals surface area (Å²) in [5, 5.41) is 10.1. The first kappa shape index (κ1) is 19.6. The van der Waals surface area contributed by atoms with E-state index in [1.807, 2.05) is 6.08 Å². The van der Waals surface area contributed by atoms with Gasteiger partial charge in [0.05, 0.1) is 6.42 Å². The molecule has 25 heavy (non-hydrogen) atoms. The van der Waals surface area contributed by atoms with Crippen LogP contribution in [0.1, 0.15) is 24.8 Å². The fourth-order valence-corrected chi connectivity index (χ4v) is 3.48. The van der Waals surface area contributed by atoms with Crippen LogP contribution in [0.3, 0.4) is 0 Å². The lowest BCUT2D eigenvalue weighted by molar-refractivity contribution is -0.138. The van der Waals surface area contributed by atoms with Gasteiger partial charge in [0.15, 0.2) is 0 Å². The molecule has 1 unspecified atom stereocenters. The zero-order valence-corrected chi connectivity index (χ0v) is 15.5. The second-order valence-corrected chi connectivity index (χ2v) is 7.08. The molecule has 1 aromatic rings. The molecule has 0 radical (unpaired) electrons. The molecule has 1 saturated heterocycles. The summed E-state index contributed by atoms with van der Waals surface area (Å²) >= 11 is 12.1. The van der Waals surface area contributed by atoms with Gasteiger partial charge in [-0.2, -0.15) is 0 Å². The number of allylic oxidation sites excluding steroid dienone is 1. The molecule has 7 heteroatoms. The minimum atomic E-state index is -0.852. The number of carbonyl (C=O) groups is 2. The number of amides is 2. The molecule has 1 N–H and O–H groups in total. The molecule has 5 nitrogen and oxygen atoms in total. The van der Waals surface area contributed by atoms with Gasteiger partial charge in [-0.15, -0.1) is 6.58 Å². The van der Waals surface area contributed by atoms with E-state index in [0.717, 1.165) is 18.4 Å². The number of halogens is 2. The summed E-state index contributed by atoms with van der Waals surface area (Å²) in [7, 11) is 0. The van der Waals surface area contributed by atoms with Crippen LogP contribution in [0, 0.1) is 5.92 Å². The topological polar surface area (TPSA) is 60.9 Å². The number of nitrogens with zero attached hydrogens (tertiary/aromatic N) is 2. The predicted molar refractivity (Wildman–Crippen MR) is 99.0 cm³/mol. The SMILES string of the molecule is C=CCCCN1CC(CC(=O)O)CN(Cc2ccc(Cl)cc2Cl)C1=O. The lowest BCUT2D eigenvalue weighted by atomic mass is 10.0. The third-order valence-electron chi connectivity index (χ3n) is 4.17. The summed E-state index contributed by atoms with van der Waals surface area (Å²) in [6.07, 6.45) is 3.48. The zero-order valence-electron chi connectivity index (χ0n) is 14.0. The first-order valence-electron chi connectivity index (χ1n) is 8.21. The Morgan fingerprint density at radius 3 is 2.68 bits per heavy atom. The number of unbranched alkanes of at least 4 members (excludes halogenated alkanes) is 1. The van der Waals surface area contributed by atoms with Crippen LogP contribution in [0.15, 0.2) is 30.9 Å². The molecular formula is C18H22Cl2N2O3. The third-order valence-corrected chi connectivity index (χ3v) is 4.76. The quantitative estimate of drug-likeness (QED) is 0.537. The lowest BCUT2D eigenvalue weighted by Gasteiger charge is -2.40. The van der Waals surface area contributed by atoms with Crippen LogP contribution in [0.25, 0.3) is 0 Å². The van der Waals surface area contributed by atoms with Crippen LogP contribution in [0.5, 0.6) is 0 Å². The highest BCUT2D eigenvalue weighted by Gasteiger charge is 2.32. The highest BCUT2D eigenvalue weighted by Crippen LogP contribution is 2.25. The van der Waals surface area contributed by atoms with Crippen LogP contribution in [-0.4, -0.2) is 46.5 Å². The maximum Gasteiger partial charge on any atom is 0.320 e. The molecule has 0 spiro atoms. The maximum atomic E-state index is 12.7. The van der Waals surface area contributed by atoms with Gasteiger partial charge in [-0.1, -0.05) is 35.3 Å². The molecule has 0 aromatic heterocycles. The summed E-state index contributed by atoms with van der Waals surface area (Å²) < 4.78 is 0. The van der Waals surface area contributed by atoms with Gasteiger partial charge in [0, 0.05) is 42.1 Å². The summed E-state index contributed by atoms with van der Waals surface area (Å²) in [6, 6.07) is 5.08. The maximum absolute atomic E-state index is 12.7. The van der Waals surface area contributed by atoms with Gasteiger partial charge < -0.3 is 14.9 Å². The first-order chi connectivity index (χ1) is 11.9. The predicted octanol–water partition coefficient (Wildman–Crippen LogP) is 4.29. The number of aliphatic carboxylic acids is 1. The van der Waals surface area contributed by atoms with E-state index in [2.05, 4.69) is 6.58 Å². The molecule has 0 bridgehead atoms. The Labute approximate surface area is 157 Å². The molecule has 2 amide bonds. The van der Waals surface area contributed by atoms with Crippen molar-refractivity contribution in [1.82, 2.24) is 9.80 Å². The number of carboxylic acids is 1. The molecule has 0 aliphatic carbocycles. The van der Waals surface area contributed by atoms with Crippen LogP contribution in [0.4, 0.5) is 4.79 Å². The Balaban J connectivity index is 2.13. The average Bonchev–Trinajstić information content (AvgIpc) is 2.53. The second-order valence-electron chi connectivity index (χ2n) is 6.24. The summed E-state index contributed by atoms with van der Waals surface area (Å²) in [5.41, 5.74) is 0.793. The van der Waals surface area contributed by atoms with E-state index in [-0.39, 0.29) is 18.4 Å². The fourth-order valence-electron chi connectivity index (χ4n) is 3.01. The number of rotatable bonds is 8. The summed E-state index contributed by atoms with van der Waals surface area (Å²) in [5.74, 6) is -0.958. The van der Waals surface area contributed by atoms with Gasteiger partial charge in [-0.05, 0) is 30.5 Å². The van der Waals surface area contributed by atoms with Crippen LogP contribution in [-0.2, 0) is 11.3 Å². The lowest BCUT2D eigenvalue weighted by Crippen LogP contribution is -2.53. The minimum absolute atomic E-state index is 0.0378. The van der Waals surface area contributed by atoms with Crippen molar-refractivity contribution in [3.05, 3.63) is 46.5 Å². The Hall–Kier alpha value is -1.72. The number of hydrogen-bond donors (Lipinski definition) is 1. The molecule has 2 rings (SSSR count). The largest absolute Gasteiger partial charge is 0.481 e. The van der Waals surface area contributed by atoms with Gasteiger partial charge in [0.1, 0.15) is 0 Å². The number of benzene rings is 1. The van der Waals surface area contributed by atoms with Crippen molar-refractivity contribution in [2.45, 2.75) is 25.8 Å². The van der Waals surface area contributed by atoms with Crippen molar-refractivity contribution in [2.75, 3.05) is 19.6 Å². The number of urea groups is 1. The molecule has 1 aromatic carbocycles. The standard InChI is InChI=1S/C18H22Cl2N2O3/c1-2-3-4-7-21-10-13(8-17(23)24)11-22(18(21)25)12-14-5-6-15(19)9-16(14)20/h2,5-6,9,13H,1,3-4,7-8,10-12H2,(H,23,24). The van der Waals surface area contributed by atoms with Gasteiger partial charge in [0.2, 0.25) is 0 Å². The number of carbonyl (C=O) groups excluding carboxylic acids is 1. The van der Waals surface area contributed by atoms with Crippen LogP contribution >= 0.6 is 23.2 Å². The third kappa shape index (κ3) is 5.65. The van der Waals surface area contributed by atoms with Crippen molar-refractivity contribution in [2.24, 2.45) is 5.92 Å². The van der Waals surface area contributed by atoms with Crippen LogP contribution < -0.4 is 0 Å². The molecule has 136 valence electrons. The van der Waals surface area contributed by atoms with Crippen molar-refractivity contribution in [3.8, 4) is 0 Å².